The summed E-state index contributed by atoms with van der Waals surface area (Å²) in [6, 6.07) is 0. The lowest BCUT2D eigenvalue weighted by molar-refractivity contribution is 0.332. The summed E-state index contributed by atoms with van der Waals surface area (Å²) in [6.07, 6.45) is 2.70. The zero-order chi connectivity index (χ0) is 9.35. The third-order valence-electron chi connectivity index (χ3n) is 3.37. The molecule has 1 heteroatoms. The van der Waals surface area contributed by atoms with Crippen LogP contribution in [0.4, 0.5) is 0 Å². The normalized spacial score (nSPS) is 29.2. The number of allylic oxidation sites excluding steroid dienone is 2. The van der Waals surface area contributed by atoms with Crippen LogP contribution in [0.2, 0.25) is 0 Å². The van der Waals surface area contributed by atoms with Crippen molar-refractivity contribution >= 4 is 15.9 Å². The smallest absolute Gasteiger partial charge is 0.0249 e. The van der Waals surface area contributed by atoms with Crippen molar-refractivity contribution in [2.75, 3.05) is 5.33 Å². The Morgan fingerprint density at radius 3 is 2.50 bits per heavy atom. The number of alkyl halides is 1. The monoisotopic (exact) mass is 230 g/mol. The highest BCUT2D eigenvalue weighted by atomic mass is 79.9. The molecule has 0 bridgehead atoms. The first-order chi connectivity index (χ1) is 5.49. The Kier molecular flexibility index (Phi) is 3.03. The molecule has 1 atom stereocenters. The van der Waals surface area contributed by atoms with Crippen LogP contribution in [-0.4, -0.2) is 5.33 Å². The fourth-order valence-electron chi connectivity index (χ4n) is 2.06. The molecule has 1 rings (SSSR count). The molecular weight excluding hydrogens is 212 g/mol. The summed E-state index contributed by atoms with van der Waals surface area (Å²) < 4.78 is 0. The van der Waals surface area contributed by atoms with Crippen LogP contribution in [0.25, 0.3) is 0 Å². The van der Waals surface area contributed by atoms with Gasteiger partial charge in [0, 0.05) is 5.33 Å². The first-order valence-electron chi connectivity index (χ1n) is 4.75. The fourth-order valence-corrected chi connectivity index (χ4v) is 3.26. The van der Waals surface area contributed by atoms with Crippen LogP contribution < -0.4 is 0 Å². The van der Waals surface area contributed by atoms with Gasteiger partial charge in [0.25, 0.3) is 0 Å². The number of rotatable bonds is 1. The van der Waals surface area contributed by atoms with Crippen LogP contribution in [-0.2, 0) is 0 Å². The van der Waals surface area contributed by atoms with Crippen LogP contribution in [0.1, 0.15) is 40.5 Å². The van der Waals surface area contributed by atoms with Crippen LogP contribution in [0.3, 0.4) is 0 Å². The summed E-state index contributed by atoms with van der Waals surface area (Å²) in [6.45, 7) is 9.35. The van der Waals surface area contributed by atoms with E-state index in [1.807, 2.05) is 0 Å². The second-order valence-corrected chi connectivity index (χ2v) is 5.18. The van der Waals surface area contributed by atoms with Gasteiger partial charge in [0.15, 0.2) is 0 Å². The Balaban J connectivity index is 3.01. The quantitative estimate of drug-likeness (QED) is 0.469. The van der Waals surface area contributed by atoms with E-state index in [0.29, 0.717) is 5.41 Å². The maximum absolute atomic E-state index is 3.60. The zero-order valence-electron chi connectivity index (χ0n) is 8.58. The molecule has 0 heterocycles. The van der Waals surface area contributed by atoms with Gasteiger partial charge in [-0.3, -0.25) is 0 Å². The number of hydrogen-bond donors (Lipinski definition) is 0. The van der Waals surface area contributed by atoms with Crippen molar-refractivity contribution in [1.29, 1.82) is 0 Å². The molecular formula is C11H19Br. The molecule has 0 amide bonds. The summed E-state index contributed by atoms with van der Waals surface area (Å²) in [7, 11) is 0. The minimum absolute atomic E-state index is 0.431. The highest BCUT2D eigenvalue weighted by Gasteiger charge is 2.30. The lowest BCUT2D eigenvalue weighted by Gasteiger charge is -2.36. The van der Waals surface area contributed by atoms with Gasteiger partial charge in [-0.05, 0) is 31.1 Å². The van der Waals surface area contributed by atoms with Crippen LogP contribution in [0.5, 0.6) is 0 Å². The number of hydrogen-bond acceptors (Lipinski definition) is 0. The molecule has 0 unspecified atom stereocenters. The van der Waals surface area contributed by atoms with E-state index in [0.717, 1.165) is 11.2 Å². The minimum atomic E-state index is 0.431. The van der Waals surface area contributed by atoms with Gasteiger partial charge >= 0.3 is 0 Å². The molecule has 0 nitrogen and oxygen atoms in total. The minimum Gasteiger partial charge on any atom is -0.0880 e. The average molecular weight is 231 g/mol. The molecule has 12 heavy (non-hydrogen) atoms. The van der Waals surface area contributed by atoms with Crippen molar-refractivity contribution in [2.24, 2.45) is 11.3 Å². The van der Waals surface area contributed by atoms with Gasteiger partial charge in [-0.1, -0.05) is 47.8 Å². The largest absolute Gasteiger partial charge is 0.0880 e. The summed E-state index contributed by atoms with van der Waals surface area (Å²) >= 11 is 3.60. The predicted octanol–water partition coefficient (Wildman–Crippen LogP) is 4.15. The highest BCUT2D eigenvalue weighted by molar-refractivity contribution is 9.09. The summed E-state index contributed by atoms with van der Waals surface area (Å²) in [4.78, 5) is 0. The van der Waals surface area contributed by atoms with Crippen LogP contribution in [0, 0.1) is 11.3 Å². The van der Waals surface area contributed by atoms with E-state index in [4.69, 9.17) is 0 Å². The highest BCUT2D eigenvalue weighted by Crippen LogP contribution is 2.43. The molecule has 0 aromatic heterocycles. The molecule has 0 aromatic carbocycles. The Labute approximate surface area is 84.6 Å². The lowest BCUT2D eigenvalue weighted by Crippen LogP contribution is -2.24. The maximum atomic E-state index is 3.60. The number of halogens is 1. The van der Waals surface area contributed by atoms with Gasteiger partial charge in [0.1, 0.15) is 0 Å². The molecule has 0 spiro atoms. The SMILES string of the molecule is CC1=C(CBr)C(C)(C)CC[C@H]1C. The summed E-state index contributed by atoms with van der Waals surface area (Å²) in [5.74, 6) is 0.797. The van der Waals surface area contributed by atoms with E-state index >= 15 is 0 Å². The Bertz CT molecular complexity index is 201. The van der Waals surface area contributed by atoms with Crippen molar-refractivity contribution in [3.8, 4) is 0 Å². The fraction of sp³-hybridized carbons (Fsp3) is 0.818. The summed E-state index contributed by atoms with van der Waals surface area (Å²) in [5, 5.41) is 1.05. The van der Waals surface area contributed by atoms with Crippen LogP contribution >= 0.6 is 15.9 Å². The Morgan fingerprint density at radius 1 is 1.50 bits per heavy atom. The van der Waals surface area contributed by atoms with Gasteiger partial charge in [-0.2, -0.15) is 0 Å². The van der Waals surface area contributed by atoms with Gasteiger partial charge in [-0.15, -0.1) is 0 Å². The molecule has 0 radical (unpaired) electrons. The Hall–Kier alpha value is 0.220. The maximum Gasteiger partial charge on any atom is 0.0249 e. The molecule has 0 N–H and O–H groups in total. The van der Waals surface area contributed by atoms with Gasteiger partial charge in [0.05, 0.1) is 0 Å². The molecule has 70 valence electrons. The first kappa shape index (κ1) is 10.3. The van der Waals surface area contributed by atoms with E-state index < -0.39 is 0 Å². The van der Waals surface area contributed by atoms with Crippen molar-refractivity contribution in [2.45, 2.75) is 40.5 Å². The first-order valence-corrected chi connectivity index (χ1v) is 5.87. The second kappa shape index (κ2) is 3.53. The molecule has 1 aliphatic rings. The summed E-state index contributed by atoms with van der Waals surface area (Å²) in [5.41, 5.74) is 3.67. The average Bonchev–Trinajstić information content (AvgIpc) is 1.99. The molecule has 0 saturated heterocycles. The molecule has 0 saturated carbocycles. The molecule has 0 aliphatic heterocycles. The third kappa shape index (κ3) is 1.76. The van der Waals surface area contributed by atoms with Gasteiger partial charge < -0.3 is 0 Å². The topological polar surface area (TPSA) is 0 Å². The van der Waals surface area contributed by atoms with Crippen molar-refractivity contribution in [1.82, 2.24) is 0 Å². The molecule has 1 aliphatic carbocycles. The van der Waals surface area contributed by atoms with Crippen molar-refractivity contribution in [3.63, 3.8) is 0 Å². The second-order valence-electron chi connectivity index (χ2n) is 4.62. The lowest BCUT2D eigenvalue weighted by atomic mass is 9.70. The van der Waals surface area contributed by atoms with Gasteiger partial charge in [0.2, 0.25) is 0 Å². The van der Waals surface area contributed by atoms with Crippen LogP contribution in [0.15, 0.2) is 11.1 Å². The third-order valence-corrected chi connectivity index (χ3v) is 3.93. The Morgan fingerprint density at radius 2 is 2.08 bits per heavy atom. The zero-order valence-corrected chi connectivity index (χ0v) is 10.2. The van der Waals surface area contributed by atoms with Gasteiger partial charge in [-0.25, -0.2) is 0 Å². The van der Waals surface area contributed by atoms with Crippen molar-refractivity contribution < 1.29 is 0 Å². The van der Waals surface area contributed by atoms with Crippen molar-refractivity contribution in [3.05, 3.63) is 11.1 Å². The van der Waals surface area contributed by atoms with E-state index in [-0.39, 0.29) is 0 Å². The standard InChI is InChI=1S/C11H19Br/c1-8-5-6-11(3,4)10(7-12)9(8)2/h8H,5-7H2,1-4H3/t8-/m1/s1. The molecule has 0 aromatic rings. The molecule has 0 fully saturated rings. The predicted molar refractivity (Wildman–Crippen MR) is 58.7 cm³/mol. The van der Waals surface area contributed by atoms with E-state index in [1.165, 1.54) is 12.8 Å². The van der Waals surface area contributed by atoms with E-state index in [1.54, 1.807) is 11.1 Å². The van der Waals surface area contributed by atoms with E-state index in [9.17, 15) is 0 Å². The van der Waals surface area contributed by atoms with E-state index in [2.05, 4.69) is 43.6 Å².